The topological polar surface area (TPSA) is 67.9 Å². The number of anilines is 1. The van der Waals surface area contributed by atoms with Crippen molar-refractivity contribution in [2.45, 2.75) is 6.92 Å². The highest BCUT2D eigenvalue weighted by Gasteiger charge is 2.18. The first kappa shape index (κ1) is 18.5. The zero-order valence-electron chi connectivity index (χ0n) is 15.5. The van der Waals surface area contributed by atoms with Gasteiger partial charge in [0.05, 0.1) is 36.0 Å². The number of rotatable bonds is 5. The summed E-state index contributed by atoms with van der Waals surface area (Å²) in [4.78, 5) is 11.7. The Kier molecular flexibility index (Phi) is 5.02. The molecule has 7 heteroatoms. The number of aromatic nitrogens is 3. The average Bonchev–Trinajstić information content (AvgIpc) is 3.20. The molecule has 28 heavy (non-hydrogen) atoms. The maximum Gasteiger partial charge on any atom is 0.156 e. The van der Waals surface area contributed by atoms with Crippen LogP contribution in [-0.4, -0.2) is 32.3 Å². The standard InChI is InChI=1S/C21H19FN4OS/c1-3-28(27)26(2)20-7-5-4-6-15(20)14-8-9-16(17(22)12-14)19-13-24-21-18(25-19)10-11-23-21/h4-13H,3H2,1-2H3,(H,23,24). The average molecular weight is 394 g/mol. The highest BCUT2D eigenvalue weighted by molar-refractivity contribution is 7.92. The summed E-state index contributed by atoms with van der Waals surface area (Å²) in [6.07, 6.45) is 3.31. The highest BCUT2D eigenvalue weighted by atomic mass is 32.2. The smallest absolute Gasteiger partial charge is 0.156 e. The van der Waals surface area contributed by atoms with Crippen molar-refractivity contribution < 1.29 is 8.94 Å². The summed E-state index contributed by atoms with van der Waals surface area (Å²) in [7, 11) is 1.78. The molecular weight excluding hydrogens is 375 g/mol. The minimum atomic E-state index is -1.14. The molecule has 0 saturated heterocycles. The number of para-hydroxylation sites is 1. The molecule has 0 aliphatic carbocycles. The van der Waals surface area contributed by atoms with Gasteiger partial charge in [-0.25, -0.2) is 14.4 Å². The monoisotopic (exact) mass is 394 g/mol. The second kappa shape index (κ2) is 7.61. The van der Waals surface area contributed by atoms with Crippen LogP contribution in [0.3, 0.4) is 0 Å². The molecule has 2 aromatic carbocycles. The van der Waals surface area contributed by atoms with Gasteiger partial charge in [0, 0.05) is 17.3 Å². The third kappa shape index (κ3) is 3.34. The second-order valence-electron chi connectivity index (χ2n) is 6.29. The Morgan fingerprint density at radius 3 is 2.75 bits per heavy atom. The fraction of sp³-hybridized carbons (Fsp3) is 0.143. The molecular formula is C21H19FN4OS. The van der Waals surface area contributed by atoms with Crippen molar-refractivity contribution in [2.75, 3.05) is 17.1 Å². The number of H-pyrrole nitrogens is 1. The lowest BCUT2D eigenvalue weighted by molar-refractivity contribution is 0.594. The minimum Gasteiger partial charge on any atom is -0.593 e. The van der Waals surface area contributed by atoms with E-state index in [-0.39, 0.29) is 5.82 Å². The molecule has 1 N–H and O–H groups in total. The first-order valence-electron chi connectivity index (χ1n) is 8.90. The number of benzene rings is 2. The first-order valence-corrected chi connectivity index (χ1v) is 10.2. The van der Waals surface area contributed by atoms with Gasteiger partial charge in [0.1, 0.15) is 17.1 Å². The van der Waals surface area contributed by atoms with Crippen molar-refractivity contribution in [2.24, 2.45) is 0 Å². The molecule has 0 aliphatic heterocycles. The normalized spacial score (nSPS) is 12.3. The molecule has 0 spiro atoms. The van der Waals surface area contributed by atoms with Crippen molar-refractivity contribution in [1.82, 2.24) is 15.0 Å². The third-order valence-electron chi connectivity index (χ3n) is 4.61. The van der Waals surface area contributed by atoms with Gasteiger partial charge in [-0.2, -0.15) is 4.31 Å². The zero-order chi connectivity index (χ0) is 19.7. The minimum absolute atomic E-state index is 0.379. The van der Waals surface area contributed by atoms with Crippen LogP contribution >= 0.6 is 0 Å². The van der Waals surface area contributed by atoms with Crippen LogP contribution < -0.4 is 4.31 Å². The van der Waals surface area contributed by atoms with E-state index in [9.17, 15) is 8.94 Å². The van der Waals surface area contributed by atoms with E-state index in [1.165, 1.54) is 6.07 Å². The van der Waals surface area contributed by atoms with Gasteiger partial charge in [-0.3, -0.25) is 0 Å². The van der Waals surface area contributed by atoms with Gasteiger partial charge in [0.15, 0.2) is 5.65 Å². The van der Waals surface area contributed by atoms with Gasteiger partial charge in [-0.05, 0) is 36.8 Å². The van der Waals surface area contributed by atoms with Crippen molar-refractivity contribution >= 4 is 28.2 Å². The van der Waals surface area contributed by atoms with Crippen molar-refractivity contribution in [1.29, 1.82) is 0 Å². The summed E-state index contributed by atoms with van der Waals surface area (Å²) < 4.78 is 28.9. The van der Waals surface area contributed by atoms with Gasteiger partial charge in [-0.1, -0.05) is 24.3 Å². The van der Waals surface area contributed by atoms with E-state index in [0.717, 1.165) is 11.3 Å². The van der Waals surface area contributed by atoms with Gasteiger partial charge in [0.2, 0.25) is 0 Å². The number of nitrogens with zero attached hydrogens (tertiary/aromatic N) is 3. The summed E-state index contributed by atoms with van der Waals surface area (Å²) in [6.45, 7) is 1.87. The lowest BCUT2D eigenvalue weighted by Gasteiger charge is -2.23. The Balaban J connectivity index is 1.74. The highest BCUT2D eigenvalue weighted by Crippen LogP contribution is 2.34. The molecule has 1 unspecified atom stereocenters. The zero-order valence-corrected chi connectivity index (χ0v) is 16.3. The summed E-state index contributed by atoms with van der Waals surface area (Å²) in [5.74, 6) is 0.133. The van der Waals surface area contributed by atoms with Gasteiger partial charge < -0.3 is 9.54 Å². The Hall–Kier alpha value is -2.90. The Morgan fingerprint density at radius 2 is 1.96 bits per heavy atom. The Labute approximate surface area is 165 Å². The lowest BCUT2D eigenvalue weighted by Crippen LogP contribution is -2.28. The molecule has 0 saturated carbocycles. The van der Waals surface area contributed by atoms with E-state index in [1.54, 1.807) is 35.9 Å². The number of aromatic amines is 1. The number of hydrogen-bond acceptors (Lipinski definition) is 4. The van der Waals surface area contributed by atoms with E-state index in [2.05, 4.69) is 15.0 Å². The van der Waals surface area contributed by atoms with Gasteiger partial charge in [0.25, 0.3) is 0 Å². The van der Waals surface area contributed by atoms with Crippen molar-refractivity contribution in [3.05, 3.63) is 66.7 Å². The fourth-order valence-corrected chi connectivity index (χ4v) is 3.91. The number of hydrogen-bond donors (Lipinski definition) is 1. The van der Waals surface area contributed by atoms with E-state index < -0.39 is 11.4 Å². The Bertz CT molecular complexity index is 1130. The number of fused-ring (bicyclic) bond motifs is 1. The quantitative estimate of drug-likeness (QED) is 0.504. The van der Waals surface area contributed by atoms with Crippen LogP contribution in [0.4, 0.5) is 10.1 Å². The summed E-state index contributed by atoms with van der Waals surface area (Å²) in [6, 6.07) is 14.4. The molecule has 5 nitrogen and oxygen atoms in total. The van der Waals surface area contributed by atoms with Crippen LogP contribution in [0.2, 0.25) is 0 Å². The van der Waals surface area contributed by atoms with E-state index in [1.807, 2.05) is 37.3 Å². The molecule has 0 amide bonds. The van der Waals surface area contributed by atoms with Crippen LogP contribution in [0.15, 0.2) is 60.9 Å². The predicted octanol–water partition coefficient (Wildman–Crippen LogP) is 4.55. The molecule has 2 heterocycles. The van der Waals surface area contributed by atoms with E-state index in [0.29, 0.717) is 33.7 Å². The molecule has 0 fully saturated rings. The third-order valence-corrected chi connectivity index (χ3v) is 5.91. The molecule has 4 aromatic rings. The lowest BCUT2D eigenvalue weighted by atomic mass is 10.0. The SMILES string of the molecule is CC[S+]([O-])N(C)c1ccccc1-c1ccc(-c2cnc3[nH]ccc3n2)c(F)c1. The van der Waals surface area contributed by atoms with Crippen molar-refractivity contribution in [3.8, 4) is 22.4 Å². The molecule has 2 aromatic heterocycles. The molecule has 1 atom stereocenters. The first-order chi connectivity index (χ1) is 13.6. The van der Waals surface area contributed by atoms with Crippen LogP contribution in [0.5, 0.6) is 0 Å². The summed E-state index contributed by atoms with van der Waals surface area (Å²) in [5, 5.41) is 0. The van der Waals surface area contributed by atoms with E-state index in [4.69, 9.17) is 0 Å². The second-order valence-corrected chi connectivity index (χ2v) is 8.05. The summed E-state index contributed by atoms with van der Waals surface area (Å²) in [5.41, 5.74) is 4.56. The van der Waals surface area contributed by atoms with Gasteiger partial charge in [-0.15, -0.1) is 0 Å². The van der Waals surface area contributed by atoms with Gasteiger partial charge >= 0.3 is 0 Å². The maximum absolute atomic E-state index is 15.0. The number of nitrogens with one attached hydrogen (secondary N) is 1. The maximum atomic E-state index is 15.0. The van der Waals surface area contributed by atoms with Crippen LogP contribution in [0.25, 0.3) is 33.5 Å². The molecule has 0 bridgehead atoms. The van der Waals surface area contributed by atoms with Crippen molar-refractivity contribution in [3.63, 3.8) is 0 Å². The molecule has 0 radical (unpaired) electrons. The van der Waals surface area contributed by atoms with E-state index >= 15 is 0 Å². The molecule has 4 rings (SSSR count). The predicted molar refractivity (Wildman–Crippen MR) is 112 cm³/mol. The molecule has 142 valence electrons. The van der Waals surface area contributed by atoms with Crippen LogP contribution in [-0.2, 0) is 11.4 Å². The fourth-order valence-electron chi connectivity index (χ4n) is 3.15. The largest absolute Gasteiger partial charge is 0.593 e. The molecule has 0 aliphatic rings. The van der Waals surface area contributed by atoms with Crippen LogP contribution in [0, 0.1) is 5.82 Å². The number of halogens is 1. The summed E-state index contributed by atoms with van der Waals surface area (Å²) >= 11 is -1.14. The van der Waals surface area contributed by atoms with Crippen LogP contribution in [0.1, 0.15) is 6.92 Å². The Morgan fingerprint density at radius 1 is 1.14 bits per heavy atom.